The van der Waals surface area contributed by atoms with Crippen LogP contribution in [0.5, 0.6) is 0 Å². The summed E-state index contributed by atoms with van der Waals surface area (Å²) in [7, 11) is 0. The highest BCUT2D eigenvalue weighted by Crippen LogP contribution is 1.99. The lowest BCUT2D eigenvalue weighted by Crippen LogP contribution is -2.10. The summed E-state index contributed by atoms with van der Waals surface area (Å²) >= 11 is 0. The lowest BCUT2D eigenvalue weighted by atomic mass is 10.2. The molecule has 0 aromatic rings. The highest BCUT2D eigenvalue weighted by atomic mass is 16.5. The van der Waals surface area contributed by atoms with Crippen molar-refractivity contribution >= 4 is 11.9 Å². The number of unbranched alkanes of at least 4 members (excludes halogenated alkanes) is 2. The first-order valence-corrected chi connectivity index (χ1v) is 9.61. The Kier molecular flexibility index (Phi) is 17.7. The normalized spacial score (nSPS) is 11.9. The Bertz CT molecular complexity index is 429. The Labute approximate surface area is 158 Å². The summed E-state index contributed by atoms with van der Waals surface area (Å²) in [5.74, 6) is -0.758. The summed E-state index contributed by atoms with van der Waals surface area (Å²) in [6.45, 7) is 4.71. The quantitative estimate of drug-likeness (QED) is 0.220. The van der Waals surface area contributed by atoms with E-state index in [0.29, 0.717) is 0 Å². The number of hydrogen-bond acceptors (Lipinski definition) is 4. The van der Waals surface area contributed by atoms with E-state index in [0.717, 1.165) is 38.5 Å². The zero-order valence-electron chi connectivity index (χ0n) is 16.3. The molecule has 0 aliphatic carbocycles. The van der Waals surface area contributed by atoms with Crippen LogP contribution in [0.4, 0.5) is 0 Å². The van der Waals surface area contributed by atoms with E-state index < -0.39 is 0 Å². The van der Waals surface area contributed by atoms with Crippen molar-refractivity contribution in [2.75, 3.05) is 13.2 Å². The van der Waals surface area contributed by atoms with E-state index in [4.69, 9.17) is 9.47 Å². The van der Waals surface area contributed by atoms with Crippen molar-refractivity contribution in [1.82, 2.24) is 0 Å². The maximum atomic E-state index is 11.5. The molecule has 0 radical (unpaired) electrons. The third kappa shape index (κ3) is 18.2. The summed E-state index contributed by atoms with van der Waals surface area (Å²) < 4.78 is 10.1. The van der Waals surface area contributed by atoms with Gasteiger partial charge in [-0.2, -0.15) is 0 Å². The van der Waals surface area contributed by atoms with Crippen molar-refractivity contribution in [1.29, 1.82) is 0 Å². The molecular formula is C22H34O4. The summed E-state index contributed by atoms with van der Waals surface area (Å²) in [5, 5.41) is 0. The maximum Gasteiger partial charge on any atom is 0.306 e. The van der Waals surface area contributed by atoms with Gasteiger partial charge in [0.25, 0.3) is 0 Å². The first kappa shape index (κ1) is 23.9. The van der Waals surface area contributed by atoms with Crippen LogP contribution in [0.25, 0.3) is 0 Å². The Morgan fingerprint density at radius 3 is 1.27 bits per heavy atom. The number of carbonyl (C=O) groups is 2. The molecule has 0 amide bonds. The first-order valence-electron chi connectivity index (χ1n) is 9.61. The highest BCUT2D eigenvalue weighted by Gasteiger charge is 2.07. The molecule has 0 saturated carbocycles. The second kappa shape index (κ2) is 19.2. The van der Waals surface area contributed by atoms with Crippen LogP contribution in [0.15, 0.2) is 48.6 Å². The van der Waals surface area contributed by atoms with E-state index in [1.807, 2.05) is 24.3 Å². The SMILES string of the molecule is CCC=CCCC=CCOC(=O)CCC(=O)OCC=CCCC=CCC. The molecule has 0 atom stereocenters. The van der Waals surface area contributed by atoms with Gasteiger partial charge in [-0.25, -0.2) is 0 Å². The monoisotopic (exact) mass is 362 g/mol. The minimum Gasteiger partial charge on any atom is -0.461 e. The van der Waals surface area contributed by atoms with Crippen LogP contribution in [0, 0.1) is 0 Å². The number of ether oxygens (including phenoxy) is 2. The van der Waals surface area contributed by atoms with Gasteiger partial charge in [-0.1, -0.05) is 62.5 Å². The van der Waals surface area contributed by atoms with Gasteiger partial charge in [-0.05, 0) is 38.5 Å². The molecule has 0 aliphatic heterocycles. The Balaban J connectivity index is 3.59. The topological polar surface area (TPSA) is 52.6 Å². The fourth-order valence-electron chi connectivity index (χ4n) is 1.96. The average Bonchev–Trinajstić information content (AvgIpc) is 2.64. The van der Waals surface area contributed by atoms with Gasteiger partial charge < -0.3 is 9.47 Å². The smallest absolute Gasteiger partial charge is 0.306 e. The summed E-state index contributed by atoms with van der Waals surface area (Å²) in [6.07, 6.45) is 22.3. The van der Waals surface area contributed by atoms with Crippen molar-refractivity contribution in [2.45, 2.75) is 65.2 Å². The van der Waals surface area contributed by atoms with Crippen LogP contribution < -0.4 is 0 Å². The molecule has 0 heterocycles. The van der Waals surface area contributed by atoms with E-state index in [1.54, 1.807) is 0 Å². The van der Waals surface area contributed by atoms with Gasteiger partial charge in [0.2, 0.25) is 0 Å². The Hall–Kier alpha value is -2.10. The number of hydrogen-bond donors (Lipinski definition) is 0. The predicted octanol–water partition coefficient (Wildman–Crippen LogP) is 5.46. The molecule has 26 heavy (non-hydrogen) atoms. The lowest BCUT2D eigenvalue weighted by Gasteiger charge is -2.02. The molecule has 0 spiro atoms. The Morgan fingerprint density at radius 2 is 0.923 bits per heavy atom. The molecule has 0 saturated heterocycles. The predicted molar refractivity (Wildman–Crippen MR) is 107 cm³/mol. The van der Waals surface area contributed by atoms with Crippen molar-refractivity contribution in [3.63, 3.8) is 0 Å². The van der Waals surface area contributed by atoms with Gasteiger partial charge in [0, 0.05) is 0 Å². The van der Waals surface area contributed by atoms with Gasteiger partial charge in [0.1, 0.15) is 13.2 Å². The van der Waals surface area contributed by atoms with Crippen LogP contribution in [-0.4, -0.2) is 25.2 Å². The zero-order chi connectivity index (χ0) is 19.3. The van der Waals surface area contributed by atoms with E-state index in [1.165, 1.54) is 0 Å². The molecule has 0 aromatic heterocycles. The summed E-state index contributed by atoms with van der Waals surface area (Å²) in [6, 6.07) is 0. The molecule has 0 N–H and O–H groups in total. The standard InChI is InChI=1S/C22H34O4/c1-3-5-7-9-11-13-15-19-25-21(23)17-18-22(24)26-20-16-14-12-10-8-6-4-2/h5-8,13-16H,3-4,9-12,17-20H2,1-2H3. The number of esters is 2. The molecule has 4 heteroatoms. The molecule has 0 bridgehead atoms. The minimum atomic E-state index is -0.379. The largest absolute Gasteiger partial charge is 0.461 e. The molecule has 4 nitrogen and oxygen atoms in total. The molecule has 0 rings (SSSR count). The van der Waals surface area contributed by atoms with Crippen molar-refractivity contribution in [3.8, 4) is 0 Å². The van der Waals surface area contributed by atoms with Gasteiger partial charge in [0.15, 0.2) is 0 Å². The molecule has 0 fully saturated rings. The van der Waals surface area contributed by atoms with Gasteiger partial charge in [-0.3, -0.25) is 9.59 Å². The van der Waals surface area contributed by atoms with Gasteiger partial charge >= 0.3 is 11.9 Å². The van der Waals surface area contributed by atoms with Gasteiger partial charge in [0.05, 0.1) is 12.8 Å². The zero-order valence-corrected chi connectivity index (χ0v) is 16.3. The number of rotatable bonds is 15. The van der Waals surface area contributed by atoms with Crippen molar-refractivity contribution in [2.24, 2.45) is 0 Å². The molecule has 0 aliphatic rings. The second-order valence-electron chi connectivity index (χ2n) is 5.72. The van der Waals surface area contributed by atoms with Crippen LogP contribution in [0.1, 0.15) is 65.2 Å². The fourth-order valence-corrected chi connectivity index (χ4v) is 1.96. The van der Waals surface area contributed by atoms with E-state index >= 15 is 0 Å². The second-order valence-corrected chi connectivity index (χ2v) is 5.72. The minimum absolute atomic E-state index is 0.0530. The third-order valence-corrected chi connectivity index (χ3v) is 3.35. The lowest BCUT2D eigenvalue weighted by molar-refractivity contribution is -0.149. The van der Waals surface area contributed by atoms with Crippen LogP contribution >= 0.6 is 0 Å². The van der Waals surface area contributed by atoms with Crippen molar-refractivity contribution < 1.29 is 19.1 Å². The van der Waals surface area contributed by atoms with Crippen LogP contribution in [0.2, 0.25) is 0 Å². The van der Waals surface area contributed by atoms with E-state index in [2.05, 4.69) is 38.2 Å². The summed E-state index contributed by atoms with van der Waals surface area (Å²) in [5.41, 5.74) is 0. The first-order chi connectivity index (χ1) is 12.7. The molecule has 146 valence electrons. The van der Waals surface area contributed by atoms with E-state index in [9.17, 15) is 9.59 Å². The van der Waals surface area contributed by atoms with Crippen LogP contribution in [0.3, 0.4) is 0 Å². The maximum absolute atomic E-state index is 11.5. The van der Waals surface area contributed by atoms with Gasteiger partial charge in [-0.15, -0.1) is 0 Å². The van der Waals surface area contributed by atoms with Crippen LogP contribution in [-0.2, 0) is 19.1 Å². The average molecular weight is 363 g/mol. The highest BCUT2D eigenvalue weighted by molar-refractivity contribution is 5.77. The fraction of sp³-hybridized carbons (Fsp3) is 0.545. The number of carbonyl (C=O) groups excluding carboxylic acids is 2. The Morgan fingerprint density at radius 1 is 0.577 bits per heavy atom. The van der Waals surface area contributed by atoms with E-state index in [-0.39, 0.29) is 38.0 Å². The molecule has 0 aromatic carbocycles. The molecular weight excluding hydrogens is 328 g/mol. The number of allylic oxidation sites excluding steroid dienone is 6. The van der Waals surface area contributed by atoms with Crippen molar-refractivity contribution in [3.05, 3.63) is 48.6 Å². The third-order valence-electron chi connectivity index (χ3n) is 3.35. The summed E-state index contributed by atoms with van der Waals surface area (Å²) in [4.78, 5) is 23.1. The molecule has 0 unspecified atom stereocenters.